The minimum absolute atomic E-state index is 0.0907. The Labute approximate surface area is 169 Å². The van der Waals surface area contributed by atoms with Crippen LogP contribution in [0.25, 0.3) is 0 Å². The monoisotopic (exact) mass is 399 g/mol. The lowest BCUT2D eigenvalue weighted by Gasteiger charge is -2.23. The summed E-state index contributed by atoms with van der Waals surface area (Å²) in [5.74, 6) is 0.458. The fraction of sp³-hybridized carbons (Fsp3) is 0.286. The molecule has 0 radical (unpaired) electrons. The first-order valence-corrected chi connectivity index (χ1v) is 9.01. The Balaban J connectivity index is 2.04. The molecule has 0 atom stereocenters. The van der Waals surface area contributed by atoms with Crippen LogP contribution < -0.4 is 25.0 Å². The molecule has 0 saturated heterocycles. The van der Waals surface area contributed by atoms with Crippen molar-refractivity contribution in [1.82, 2.24) is 0 Å². The SMILES string of the molecule is COc1ccc(OC)c(N(CCC(=O)Nc2ccc(NC(C)=O)cc2)C(C)=O)c1. The number of hydrogen-bond acceptors (Lipinski definition) is 5. The number of ether oxygens (including phenoxy) is 2. The molecule has 0 heterocycles. The predicted octanol–water partition coefficient (Wildman–Crippen LogP) is 3.04. The molecular weight excluding hydrogens is 374 g/mol. The number of carbonyl (C=O) groups is 3. The molecular formula is C21H25N3O5. The molecule has 0 aliphatic carbocycles. The summed E-state index contributed by atoms with van der Waals surface area (Å²) in [5, 5.41) is 5.43. The van der Waals surface area contributed by atoms with Gasteiger partial charge in [-0.2, -0.15) is 0 Å². The maximum Gasteiger partial charge on any atom is 0.226 e. The zero-order valence-corrected chi connectivity index (χ0v) is 16.9. The summed E-state index contributed by atoms with van der Waals surface area (Å²) in [6.07, 6.45) is 0.0907. The normalized spacial score (nSPS) is 10.1. The molecule has 154 valence electrons. The van der Waals surface area contributed by atoms with Gasteiger partial charge in [0.1, 0.15) is 11.5 Å². The van der Waals surface area contributed by atoms with Gasteiger partial charge >= 0.3 is 0 Å². The molecule has 0 aliphatic heterocycles. The fourth-order valence-corrected chi connectivity index (χ4v) is 2.73. The molecule has 2 aromatic rings. The molecule has 0 unspecified atom stereocenters. The Morgan fingerprint density at radius 2 is 1.52 bits per heavy atom. The Morgan fingerprint density at radius 1 is 0.897 bits per heavy atom. The highest BCUT2D eigenvalue weighted by Gasteiger charge is 2.18. The molecule has 0 spiro atoms. The van der Waals surface area contributed by atoms with Gasteiger partial charge < -0.3 is 25.0 Å². The number of methoxy groups -OCH3 is 2. The lowest BCUT2D eigenvalue weighted by atomic mass is 10.2. The van der Waals surface area contributed by atoms with Crippen LogP contribution in [-0.4, -0.2) is 38.5 Å². The zero-order chi connectivity index (χ0) is 21.4. The van der Waals surface area contributed by atoms with Gasteiger partial charge in [-0.3, -0.25) is 14.4 Å². The largest absolute Gasteiger partial charge is 0.497 e. The molecule has 2 N–H and O–H groups in total. The highest BCUT2D eigenvalue weighted by molar-refractivity contribution is 5.96. The van der Waals surface area contributed by atoms with Gasteiger partial charge in [-0.1, -0.05) is 0 Å². The first kappa shape index (κ1) is 21.7. The number of anilines is 3. The van der Waals surface area contributed by atoms with Crippen LogP contribution in [0.5, 0.6) is 11.5 Å². The maximum atomic E-state index is 12.3. The van der Waals surface area contributed by atoms with Crippen molar-refractivity contribution < 1.29 is 23.9 Å². The summed E-state index contributed by atoms with van der Waals surface area (Å²) >= 11 is 0. The molecule has 2 aromatic carbocycles. The van der Waals surface area contributed by atoms with Gasteiger partial charge in [0.25, 0.3) is 0 Å². The van der Waals surface area contributed by atoms with E-state index in [0.29, 0.717) is 28.6 Å². The topological polar surface area (TPSA) is 97.0 Å². The molecule has 0 aromatic heterocycles. The number of nitrogens with one attached hydrogen (secondary N) is 2. The maximum absolute atomic E-state index is 12.3. The average Bonchev–Trinajstić information content (AvgIpc) is 2.68. The van der Waals surface area contributed by atoms with Crippen LogP contribution >= 0.6 is 0 Å². The van der Waals surface area contributed by atoms with Crippen LogP contribution in [0, 0.1) is 0 Å². The molecule has 2 rings (SSSR count). The summed E-state index contributed by atoms with van der Waals surface area (Å²) in [6.45, 7) is 3.03. The van der Waals surface area contributed by atoms with Gasteiger partial charge in [0.2, 0.25) is 17.7 Å². The van der Waals surface area contributed by atoms with E-state index < -0.39 is 0 Å². The quantitative estimate of drug-likeness (QED) is 0.711. The van der Waals surface area contributed by atoms with E-state index in [1.807, 2.05) is 0 Å². The van der Waals surface area contributed by atoms with E-state index in [1.54, 1.807) is 42.5 Å². The van der Waals surface area contributed by atoms with Gasteiger partial charge in [-0.05, 0) is 36.4 Å². The first-order chi connectivity index (χ1) is 13.8. The zero-order valence-electron chi connectivity index (χ0n) is 16.9. The van der Waals surface area contributed by atoms with E-state index in [0.717, 1.165) is 0 Å². The molecule has 8 heteroatoms. The van der Waals surface area contributed by atoms with Gasteiger partial charge in [0.15, 0.2) is 0 Å². The van der Waals surface area contributed by atoms with Crippen LogP contribution in [-0.2, 0) is 14.4 Å². The van der Waals surface area contributed by atoms with Crippen molar-refractivity contribution >= 4 is 34.8 Å². The molecule has 3 amide bonds. The average molecular weight is 399 g/mol. The number of rotatable bonds is 8. The van der Waals surface area contributed by atoms with Crippen LogP contribution in [0.15, 0.2) is 42.5 Å². The first-order valence-electron chi connectivity index (χ1n) is 9.01. The second-order valence-corrected chi connectivity index (χ2v) is 6.27. The standard InChI is InChI=1S/C21H25N3O5/c1-14(25)22-16-5-7-17(8-6-16)23-21(27)11-12-24(15(2)26)19-13-18(28-3)9-10-20(19)29-4/h5-10,13H,11-12H2,1-4H3,(H,22,25)(H,23,27). The van der Waals surface area contributed by atoms with Gasteiger partial charge in [0.05, 0.1) is 19.9 Å². The molecule has 8 nitrogen and oxygen atoms in total. The third-order valence-electron chi connectivity index (χ3n) is 4.11. The number of amides is 3. The van der Waals surface area contributed by atoms with Crippen molar-refractivity contribution in [3.63, 3.8) is 0 Å². The minimum Gasteiger partial charge on any atom is -0.497 e. The minimum atomic E-state index is -0.245. The van der Waals surface area contributed by atoms with Crippen molar-refractivity contribution in [2.24, 2.45) is 0 Å². The third kappa shape index (κ3) is 6.24. The molecule has 0 saturated carbocycles. The van der Waals surface area contributed by atoms with E-state index in [9.17, 15) is 14.4 Å². The summed E-state index contributed by atoms with van der Waals surface area (Å²) in [4.78, 5) is 37.0. The smallest absolute Gasteiger partial charge is 0.226 e. The fourth-order valence-electron chi connectivity index (χ4n) is 2.73. The molecule has 0 fully saturated rings. The summed E-state index contributed by atoms with van der Waals surface area (Å²) < 4.78 is 10.6. The van der Waals surface area contributed by atoms with E-state index in [1.165, 1.54) is 33.0 Å². The molecule has 29 heavy (non-hydrogen) atoms. The van der Waals surface area contributed by atoms with Crippen LogP contribution in [0.2, 0.25) is 0 Å². The Hall–Kier alpha value is -3.55. The van der Waals surface area contributed by atoms with E-state index in [4.69, 9.17) is 9.47 Å². The van der Waals surface area contributed by atoms with E-state index in [-0.39, 0.29) is 30.7 Å². The predicted molar refractivity (Wildman–Crippen MR) is 112 cm³/mol. The number of hydrogen-bond donors (Lipinski definition) is 2. The number of benzene rings is 2. The lowest BCUT2D eigenvalue weighted by Crippen LogP contribution is -2.32. The molecule has 0 bridgehead atoms. The van der Waals surface area contributed by atoms with Crippen molar-refractivity contribution in [2.75, 3.05) is 36.3 Å². The van der Waals surface area contributed by atoms with Crippen LogP contribution in [0.4, 0.5) is 17.1 Å². The second kappa shape index (κ2) is 10.1. The van der Waals surface area contributed by atoms with Crippen LogP contribution in [0.3, 0.4) is 0 Å². The number of nitrogens with zero attached hydrogens (tertiary/aromatic N) is 1. The van der Waals surface area contributed by atoms with E-state index in [2.05, 4.69) is 10.6 Å². The van der Waals surface area contributed by atoms with Crippen molar-refractivity contribution in [3.05, 3.63) is 42.5 Å². The van der Waals surface area contributed by atoms with Gasteiger partial charge in [-0.25, -0.2) is 0 Å². The van der Waals surface area contributed by atoms with Crippen molar-refractivity contribution in [3.8, 4) is 11.5 Å². The summed E-state index contributed by atoms with van der Waals surface area (Å²) in [6, 6.07) is 11.9. The van der Waals surface area contributed by atoms with Gasteiger partial charge in [-0.15, -0.1) is 0 Å². The Bertz CT molecular complexity index is 880. The van der Waals surface area contributed by atoms with Crippen molar-refractivity contribution in [1.29, 1.82) is 0 Å². The Morgan fingerprint density at radius 3 is 2.03 bits per heavy atom. The van der Waals surface area contributed by atoms with Crippen LogP contribution in [0.1, 0.15) is 20.3 Å². The summed E-state index contributed by atoms with van der Waals surface area (Å²) in [7, 11) is 3.05. The van der Waals surface area contributed by atoms with Crippen molar-refractivity contribution in [2.45, 2.75) is 20.3 Å². The summed E-state index contributed by atoms with van der Waals surface area (Å²) in [5.41, 5.74) is 1.77. The highest BCUT2D eigenvalue weighted by atomic mass is 16.5. The third-order valence-corrected chi connectivity index (χ3v) is 4.11. The van der Waals surface area contributed by atoms with E-state index >= 15 is 0 Å². The molecule has 0 aliphatic rings. The Kier molecular flexibility index (Phi) is 7.59. The second-order valence-electron chi connectivity index (χ2n) is 6.27. The highest BCUT2D eigenvalue weighted by Crippen LogP contribution is 2.32. The van der Waals surface area contributed by atoms with Gasteiger partial charge in [0, 0.05) is 44.3 Å². The number of carbonyl (C=O) groups excluding carboxylic acids is 3. The lowest BCUT2D eigenvalue weighted by molar-refractivity contribution is -0.117.